The van der Waals surface area contributed by atoms with Gasteiger partial charge in [0.05, 0.1) is 23.7 Å². The summed E-state index contributed by atoms with van der Waals surface area (Å²) in [4.78, 5) is 24.4. The molecule has 0 spiro atoms. The summed E-state index contributed by atoms with van der Waals surface area (Å²) >= 11 is 0. The van der Waals surface area contributed by atoms with Crippen LogP contribution in [-0.4, -0.2) is 49.1 Å². The fourth-order valence-electron chi connectivity index (χ4n) is 7.14. The van der Waals surface area contributed by atoms with Gasteiger partial charge in [-0.25, -0.2) is 4.98 Å². The minimum Gasteiger partial charge on any atom is -0.389 e. The van der Waals surface area contributed by atoms with E-state index in [0.29, 0.717) is 24.2 Å². The number of piperidine rings is 1. The third kappa shape index (κ3) is 4.89. The summed E-state index contributed by atoms with van der Waals surface area (Å²) in [5.74, 6) is 2.37. The Hall–Kier alpha value is -1.95. The summed E-state index contributed by atoms with van der Waals surface area (Å²) < 4.78 is 2.31. The molecular weight excluding hydrogens is 424 g/mol. The molecule has 0 aromatic carbocycles. The van der Waals surface area contributed by atoms with E-state index in [1.54, 1.807) is 0 Å². The molecule has 1 N–H and O–H groups in total. The Balaban J connectivity index is 1.21. The van der Waals surface area contributed by atoms with Crippen LogP contribution in [0, 0.1) is 24.7 Å². The number of rotatable bonds is 6. The van der Waals surface area contributed by atoms with Crippen molar-refractivity contribution in [2.75, 3.05) is 13.1 Å². The molecule has 2 aliphatic carbocycles. The van der Waals surface area contributed by atoms with Crippen LogP contribution in [0.25, 0.3) is 11.0 Å². The second-order valence-electron chi connectivity index (χ2n) is 11.3. The number of imidazole rings is 1. The second-order valence-corrected chi connectivity index (χ2v) is 11.3. The number of carbonyl (C=O) groups excluding carboxylic acids is 1. The van der Waals surface area contributed by atoms with Crippen LogP contribution in [-0.2, 0) is 11.3 Å². The highest BCUT2D eigenvalue weighted by Gasteiger charge is 2.46. The molecule has 2 aromatic heterocycles. The van der Waals surface area contributed by atoms with Crippen LogP contribution in [0.3, 0.4) is 0 Å². The lowest BCUT2D eigenvalue weighted by Crippen LogP contribution is -2.51. The molecule has 1 aliphatic heterocycles. The highest BCUT2D eigenvalue weighted by molar-refractivity contribution is 5.77. The number of amides is 1. The van der Waals surface area contributed by atoms with E-state index in [-0.39, 0.29) is 5.91 Å². The Morgan fingerprint density at radius 1 is 1.00 bits per heavy atom. The molecule has 6 heteroatoms. The molecule has 0 unspecified atom stereocenters. The molecule has 0 bridgehead atoms. The van der Waals surface area contributed by atoms with Crippen molar-refractivity contribution in [2.24, 2.45) is 17.8 Å². The van der Waals surface area contributed by atoms with Gasteiger partial charge < -0.3 is 14.6 Å². The molecule has 1 saturated heterocycles. The van der Waals surface area contributed by atoms with Crippen molar-refractivity contribution in [1.82, 2.24) is 19.4 Å². The van der Waals surface area contributed by atoms with Crippen molar-refractivity contribution in [3.05, 3.63) is 24.3 Å². The Morgan fingerprint density at radius 2 is 1.62 bits per heavy atom. The zero-order chi connectivity index (χ0) is 23.5. The maximum atomic E-state index is 13.5. The molecule has 1 amide bonds. The standard InChI is InChI=1S/C28H42N4O2/c1-21-30-25-19-29-15-12-26(25)32(21)20-22-13-16-31(17-14-22)27(33)18-28(34,23-8-4-2-5-9-23)24-10-6-3-7-11-24/h12,15,19,22-24,34H,2-11,13-14,16-18,20H2,1H3. The molecule has 3 fully saturated rings. The van der Waals surface area contributed by atoms with Crippen molar-refractivity contribution >= 4 is 16.9 Å². The van der Waals surface area contributed by atoms with Crippen LogP contribution in [0.15, 0.2) is 18.5 Å². The van der Waals surface area contributed by atoms with E-state index < -0.39 is 5.60 Å². The van der Waals surface area contributed by atoms with E-state index in [9.17, 15) is 9.90 Å². The summed E-state index contributed by atoms with van der Waals surface area (Å²) in [6.07, 6.45) is 17.8. The van der Waals surface area contributed by atoms with E-state index in [1.807, 2.05) is 18.5 Å². The third-order valence-corrected chi connectivity index (χ3v) is 9.21. The van der Waals surface area contributed by atoms with Gasteiger partial charge in [-0.15, -0.1) is 0 Å². The first-order valence-electron chi connectivity index (χ1n) is 13.8. The SMILES string of the molecule is Cc1nc2cnccc2n1CC1CCN(C(=O)CC(O)(C2CCCCC2)C2CCCCC2)CC1. The average molecular weight is 467 g/mol. The Labute approximate surface area is 204 Å². The highest BCUT2D eigenvalue weighted by Crippen LogP contribution is 2.45. The van der Waals surface area contributed by atoms with Gasteiger partial charge in [-0.2, -0.15) is 0 Å². The molecule has 186 valence electrons. The molecule has 34 heavy (non-hydrogen) atoms. The number of likely N-dealkylation sites (tertiary alicyclic amines) is 1. The van der Waals surface area contributed by atoms with Gasteiger partial charge in [0.2, 0.25) is 5.91 Å². The van der Waals surface area contributed by atoms with Crippen molar-refractivity contribution in [2.45, 2.75) is 103 Å². The Kier molecular flexibility index (Phi) is 7.24. The first-order valence-corrected chi connectivity index (χ1v) is 13.8. The van der Waals surface area contributed by atoms with Gasteiger partial charge in [-0.3, -0.25) is 9.78 Å². The molecule has 3 aliphatic rings. The van der Waals surface area contributed by atoms with Gasteiger partial charge in [-0.05, 0) is 69.3 Å². The summed E-state index contributed by atoms with van der Waals surface area (Å²) in [6, 6.07) is 2.05. The lowest BCUT2D eigenvalue weighted by Gasteiger charge is -2.46. The van der Waals surface area contributed by atoms with E-state index in [2.05, 4.69) is 26.4 Å². The zero-order valence-corrected chi connectivity index (χ0v) is 20.9. The Morgan fingerprint density at radius 3 is 2.24 bits per heavy atom. The zero-order valence-electron chi connectivity index (χ0n) is 20.9. The minimum atomic E-state index is -0.796. The number of pyridine rings is 1. The fourth-order valence-corrected chi connectivity index (χ4v) is 7.14. The number of fused-ring (bicyclic) bond motifs is 1. The third-order valence-electron chi connectivity index (χ3n) is 9.21. The molecule has 5 rings (SSSR count). The maximum absolute atomic E-state index is 13.5. The van der Waals surface area contributed by atoms with Gasteiger partial charge in [0, 0.05) is 25.8 Å². The van der Waals surface area contributed by atoms with Crippen molar-refractivity contribution in [3.8, 4) is 0 Å². The summed E-state index contributed by atoms with van der Waals surface area (Å²) in [5, 5.41) is 12.1. The van der Waals surface area contributed by atoms with Gasteiger partial charge >= 0.3 is 0 Å². The average Bonchev–Trinajstić information content (AvgIpc) is 3.20. The van der Waals surface area contributed by atoms with Gasteiger partial charge in [0.1, 0.15) is 11.3 Å². The van der Waals surface area contributed by atoms with Crippen LogP contribution in [0.1, 0.15) is 89.3 Å². The summed E-state index contributed by atoms with van der Waals surface area (Å²) in [5.41, 5.74) is 1.31. The fraction of sp³-hybridized carbons (Fsp3) is 0.750. The molecule has 2 aromatic rings. The number of nitrogens with zero attached hydrogens (tertiary/aromatic N) is 4. The van der Waals surface area contributed by atoms with Gasteiger partial charge in [0.15, 0.2) is 0 Å². The summed E-state index contributed by atoms with van der Waals surface area (Å²) in [6.45, 7) is 4.63. The molecule has 6 nitrogen and oxygen atoms in total. The number of carbonyl (C=O) groups is 1. The van der Waals surface area contributed by atoms with Crippen LogP contribution in [0.2, 0.25) is 0 Å². The van der Waals surface area contributed by atoms with Crippen molar-refractivity contribution in [3.63, 3.8) is 0 Å². The highest BCUT2D eigenvalue weighted by atomic mass is 16.3. The molecule has 0 atom stereocenters. The number of aliphatic hydroxyl groups is 1. The van der Waals surface area contributed by atoms with Crippen molar-refractivity contribution in [1.29, 1.82) is 0 Å². The first-order chi connectivity index (χ1) is 16.5. The van der Waals surface area contributed by atoms with Gasteiger partial charge in [0.25, 0.3) is 0 Å². The minimum absolute atomic E-state index is 0.187. The molecular formula is C28H42N4O2. The topological polar surface area (TPSA) is 71.2 Å². The van der Waals surface area contributed by atoms with E-state index in [0.717, 1.165) is 75.0 Å². The largest absolute Gasteiger partial charge is 0.389 e. The maximum Gasteiger partial charge on any atom is 0.225 e. The molecule has 0 radical (unpaired) electrons. The summed E-state index contributed by atoms with van der Waals surface area (Å²) in [7, 11) is 0. The monoisotopic (exact) mass is 466 g/mol. The predicted octanol–water partition coefficient (Wildman–Crippen LogP) is 5.26. The molecule has 3 heterocycles. The van der Waals surface area contributed by atoms with Crippen LogP contribution < -0.4 is 0 Å². The van der Waals surface area contributed by atoms with E-state index in [1.165, 1.54) is 38.5 Å². The van der Waals surface area contributed by atoms with Crippen LogP contribution in [0.5, 0.6) is 0 Å². The number of aryl methyl sites for hydroxylation is 1. The molecule has 2 saturated carbocycles. The quantitative estimate of drug-likeness (QED) is 0.630. The van der Waals surface area contributed by atoms with Crippen molar-refractivity contribution < 1.29 is 9.90 Å². The lowest BCUT2D eigenvalue weighted by atomic mass is 9.65. The Bertz CT molecular complexity index is 948. The smallest absolute Gasteiger partial charge is 0.225 e. The number of hydrogen-bond donors (Lipinski definition) is 1. The van der Waals surface area contributed by atoms with Crippen LogP contribution >= 0.6 is 0 Å². The number of aromatic nitrogens is 3. The first kappa shape index (κ1) is 23.8. The number of hydrogen-bond acceptors (Lipinski definition) is 4. The predicted molar refractivity (Wildman–Crippen MR) is 134 cm³/mol. The van der Waals surface area contributed by atoms with E-state index >= 15 is 0 Å². The lowest BCUT2D eigenvalue weighted by molar-refractivity contribution is -0.149. The normalized spacial score (nSPS) is 21.9. The van der Waals surface area contributed by atoms with E-state index in [4.69, 9.17) is 0 Å². The second kappa shape index (κ2) is 10.3. The van der Waals surface area contributed by atoms with Gasteiger partial charge in [-0.1, -0.05) is 38.5 Å². The van der Waals surface area contributed by atoms with Crippen LogP contribution in [0.4, 0.5) is 0 Å².